The second kappa shape index (κ2) is 8.24. The van der Waals surface area contributed by atoms with E-state index in [0.29, 0.717) is 0 Å². The lowest BCUT2D eigenvalue weighted by atomic mass is 10.2. The molecule has 0 saturated carbocycles. The highest BCUT2D eigenvalue weighted by molar-refractivity contribution is 8.18. The van der Waals surface area contributed by atoms with E-state index in [9.17, 15) is 18.8 Å². The van der Waals surface area contributed by atoms with Gasteiger partial charge in [0, 0.05) is 17.1 Å². The Kier molecular flexibility index (Phi) is 5.93. The number of amides is 2. The Labute approximate surface area is 172 Å². The molecule has 1 saturated heterocycles. The molecular weight excluding hydrogens is 395 g/mol. The molecule has 1 atom stereocenters. The van der Waals surface area contributed by atoms with E-state index >= 15 is 0 Å². The first-order valence-corrected chi connectivity index (χ1v) is 9.94. The van der Waals surface area contributed by atoms with E-state index in [2.05, 4.69) is 0 Å². The van der Waals surface area contributed by atoms with Crippen molar-refractivity contribution in [2.75, 3.05) is 6.61 Å². The zero-order valence-electron chi connectivity index (χ0n) is 16.6. The number of aryl methyl sites for hydroxylation is 1. The van der Waals surface area contributed by atoms with E-state index in [1.54, 1.807) is 25.1 Å². The highest BCUT2D eigenvalue weighted by atomic mass is 32.2. The number of imide groups is 1. The molecule has 152 valence electrons. The summed E-state index contributed by atoms with van der Waals surface area (Å²) in [6, 6.07) is 7.02. The summed E-state index contributed by atoms with van der Waals surface area (Å²) in [5.41, 5.74) is 3.31. The summed E-state index contributed by atoms with van der Waals surface area (Å²) in [5, 5.41) is -0.505. The van der Waals surface area contributed by atoms with Gasteiger partial charge in [-0.05, 0) is 81.4 Å². The molecule has 0 spiro atoms. The maximum Gasteiger partial charge on any atom is 0.329 e. The molecule has 1 aliphatic rings. The lowest BCUT2D eigenvalue weighted by Crippen LogP contribution is -2.42. The maximum atomic E-state index is 13.2. The lowest BCUT2D eigenvalue weighted by molar-refractivity contribution is -0.150. The number of ether oxygens (including phenoxy) is 1. The Bertz CT molecular complexity index is 1010. The van der Waals surface area contributed by atoms with Crippen LogP contribution in [0.4, 0.5) is 9.18 Å². The zero-order valence-corrected chi connectivity index (χ0v) is 17.4. The number of benzene rings is 1. The molecule has 1 aromatic heterocycles. The molecule has 0 bridgehead atoms. The number of esters is 1. The second-order valence-corrected chi connectivity index (χ2v) is 7.61. The summed E-state index contributed by atoms with van der Waals surface area (Å²) < 4.78 is 20.1. The number of thioether (sulfide) groups is 1. The van der Waals surface area contributed by atoms with Crippen LogP contribution in [0.15, 0.2) is 35.2 Å². The molecule has 8 heteroatoms. The lowest BCUT2D eigenvalue weighted by Gasteiger charge is -2.19. The summed E-state index contributed by atoms with van der Waals surface area (Å²) in [7, 11) is 0. The average Bonchev–Trinajstić information content (AvgIpc) is 3.11. The molecule has 2 amide bonds. The first-order valence-electron chi connectivity index (χ1n) is 9.13. The largest absolute Gasteiger partial charge is 0.464 e. The number of rotatable bonds is 5. The van der Waals surface area contributed by atoms with Crippen LogP contribution < -0.4 is 0 Å². The third-order valence-corrected chi connectivity index (χ3v) is 5.56. The van der Waals surface area contributed by atoms with Crippen molar-refractivity contribution in [2.45, 2.75) is 33.7 Å². The van der Waals surface area contributed by atoms with Crippen LogP contribution in [-0.4, -0.2) is 39.2 Å². The third-order valence-electron chi connectivity index (χ3n) is 4.68. The Morgan fingerprint density at radius 2 is 1.90 bits per heavy atom. The molecule has 1 aliphatic heterocycles. The van der Waals surface area contributed by atoms with Gasteiger partial charge in [-0.1, -0.05) is 0 Å². The van der Waals surface area contributed by atoms with Crippen LogP contribution in [0.25, 0.3) is 11.8 Å². The summed E-state index contributed by atoms with van der Waals surface area (Å²) in [6.07, 6.45) is 1.64. The van der Waals surface area contributed by atoms with Crippen molar-refractivity contribution in [1.29, 1.82) is 0 Å². The maximum absolute atomic E-state index is 13.2. The Morgan fingerprint density at radius 3 is 2.52 bits per heavy atom. The van der Waals surface area contributed by atoms with Crippen molar-refractivity contribution in [3.8, 4) is 5.69 Å². The molecule has 2 aromatic rings. The van der Waals surface area contributed by atoms with E-state index < -0.39 is 23.2 Å². The van der Waals surface area contributed by atoms with Gasteiger partial charge in [-0.2, -0.15) is 0 Å². The number of nitrogens with zero attached hydrogens (tertiary/aromatic N) is 2. The van der Waals surface area contributed by atoms with Gasteiger partial charge in [0.1, 0.15) is 11.9 Å². The van der Waals surface area contributed by atoms with E-state index in [1.165, 1.54) is 19.1 Å². The topological polar surface area (TPSA) is 68.6 Å². The average molecular weight is 416 g/mol. The van der Waals surface area contributed by atoms with Crippen LogP contribution in [0.2, 0.25) is 0 Å². The number of hydrogen-bond donors (Lipinski definition) is 0. The molecule has 29 heavy (non-hydrogen) atoms. The zero-order chi connectivity index (χ0) is 21.3. The highest BCUT2D eigenvalue weighted by Gasteiger charge is 2.41. The van der Waals surface area contributed by atoms with Gasteiger partial charge in [-0.15, -0.1) is 0 Å². The smallest absolute Gasteiger partial charge is 0.329 e. The predicted octanol–water partition coefficient (Wildman–Crippen LogP) is 4.22. The van der Waals surface area contributed by atoms with Crippen LogP contribution in [-0.2, 0) is 14.3 Å². The first kappa shape index (κ1) is 20.9. The first-order chi connectivity index (χ1) is 13.7. The fourth-order valence-electron chi connectivity index (χ4n) is 3.24. The van der Waals surface area contributed by atoms with Crippen LogP contribution in [0.3, 0.4) is 0 Å². The Morgan fingerprint density at radius 1 is 1.24 bits per heavy atom. The molecule has 0 N–H and O–H groups in total. The van der Waals surface area contributed by atoms with E-state index in [1.807, 2.05) is 24.5 Å². The van der Waals surface area contributed by atoms with E-state index in [0.717, 1.165) is 39.3 Å². The molecule has 1 aromatic carbocycles. The van der Waals surface area contributed by atoms with Gasteiger partial charge in [0.25, 0.3) is 11.1 Å². The van der Waals surface area contributed by atoms with Gasteiger partial charge in [-0.3, -0.25) is 14.5 Å². The monoisotopic (exact) mass is 416 g/mol. The fourth-order valence-corrected chi connectivity index (χ4v) is 4.14. The minimum absolute atomic E-state index is 0.171. The van der Waals surface area contributed by atoms with Crippen LogP contribution >= 0.6 is 11.8 Å². The molecular formula is C21H21FN2O4S. The fraction of sp³-hybridized carbons (Fsp3) is 0.286. The number of hydrogen-bond acceptors (Lipinski definition) is 5. The summed E-state index contributed by atoms with van der Waals surface area (Å²) in [6.45, 7) is 7.09. The van der Waals surface area contributed by atoms with Gasteiger partial charge in [-0.25, -0.2) is 9.18 Å². The quantitative estimate of drug-likeness (QED) is 0.539. The molecule has 6 nitrogen and oxygen atoms in total. The molecule has 2 heterocycles. The van der Waals surface area contributed by atoms with E-state index in [-0.39, 0.29) is 17.3 Å². The number of carbonyl (C=O) groups excluding carboxylic acids is 3. The normalized spacial score (nSPS) is 16.6. The van der Waals surface area contributed by atoms with Crippen molar-refractivity contribution in [1.82, 2.24) is 9.47 Å². The van der Waals surface area contributed by atoms with Crippen molar-refractivity contribution >= 4 is 35.0 Å². The molecule has 0 unspecified atom stereocenters. The molecule has 0 radical (unpaired) electrons. The van der Waals surface area contributed by atoms with Gasteiger partial charge < -0.3 is 9.30 Å². The Hall–Kier alpha value is -2.87. The summed E-state index contributed by atoms with van der Waals surface area (Å²) in [4.78, 5) is 38.2. The molecule has 0 aliphatic carbocycles. The van der Waals surface area contributed by atoms with Gasteiger partial charge in [0.05, 0.1) is 11.5 Å². The van der Waals surface area contributed by atoms with E-state index in [4.69, 9.17) is 4.74 Å². The number of aromatic nitrogens is 1. The van der Waals surface area contributed by atoms with Gasteiger partial charge in [0.15, 0.2) is 0 Å². The van der Waals surface area contributed by atoms with Crippen molar-refractivity contribution < 1.29 is 23.5 Å². The molecule has 1 fully saturated rings. The summed E-state index contributed by atoms with van der Waals surface area (Å²) in [5.74, 6) is -1.46. The third kappa shape index (κ3) is 3.98. The van der Waals surface area contributed by atoms with Crippen LogP contribution in [0.5, 0.6) is 0 Å². The van der Waals surface area contributed by atoms with Crippen molar-refractivity contribution in [3.05, 3.63) is 58.0 Å². The second-order valence-electron chi connectivity index (χ2n) is 6.62. The molecule has 3 rings (SSSR count). The van der Waals surface area contributed by atoms with Gasteiger partial charge >= 0.3 is 5.97 Å². The number of carbonyl (C=O) groups is 3. The predicted molar refractivity (Wildman–Crippen MR) is 109 cm³/mol. The van der Waals surface area contributed by atoms with Crippen LogP contribution in [0.1, 0.15) is 30.8 Å². The standard InChI is InChI=1S/C21H21FN2O4S/c1-5-28-20(26)14(4)24-19(25)18(29-21(24)27)11-15-10-12(2)23(13(15)3)17-8-6-16(22)7-9-17/h6-11,14H,5H2,1-4H3/b18-11+/t14-/m1/s1. The summed E-state index contributed by atoms with van der Waals surface area (Å²) >= 11 is 0.794. The number of halogens is 1. The highest BCUT2D eigenvalue weighted by Crippen LogP contribution is 2.35. The SMILES string of the molecule is CCOC(=O)[C@@H](C)N1C(=O)S/C(=C/c2cc(C)n(-c3ccc(F)cc3)c2C)C1=O. The minimum Gasteiger partial charge on any atom is -0.464 e. The minimum atomic E-state index is -0.986. The van der Waals surface area contributed by atoms with Crippen LogP contribution in [0, 0.1) is 19.7 Å². The van der Waals surface area contributed by atoms with Crippen molar-refractivity contribution in [2.24, 2.45) is 0 Å². The van der Waals surface area contributed by atoms with Gasteiger partial charge in [0.2, 0.25) is 0 Å². The Balaban J connectivity index is 1.92. The van der Waals surface area contributed by atoms with Crippen molar-refractivity contribution in [3.63, 3.8) is 0 Å².